The van der Waals surface area contributed by atoms with Crippen LogP contribution in [0, 0.1) is 17.8 Å². The average molecular weight is 353 g/mol. The molecule has 0 amide bonds. The number of rotatable bonds is 6. The maximum absolute atomic E-state index is 5.99. The zero-order valence-electron chi connectivity index (χ0n) is 14.6. The highest BCUT2D eigenvalue weighted by atomic mass is 35.5. The maximum Gasteiger partial charge on any atom is 0.183 e. The summed E-state index contributed by atoms with van der Waals surface area (Å²) in [5.41, 5.74) is 1.06. The molecule has 134 valence electrons. The molecule has 3 nitrogen and oxygen atoms in total. The zero-order valence-corrected chi connectivity index (χ0v) is 15.3. The minimum atomic E-state index is -0.233. The molecule has 1 aromatic rings. The fraction of sp³-hybridized carbons (Fsp3) is 0.700. The van der Waals surface area contributed by atoms with E-state index in [4.69, 9.17) is 25.8 Å². The number of benzene rings is 1. The fourth-order valence-corrected chi connectivity index (χ4v) is 4.19. The van der Waals surface area contributed by atoms with Crippen molar-refractivity contribution in [1.82, 2.24) is 0 Å². The van der Waals surface area contributed by atoms with E-state index in [0.717, 1.165) is 42.2 Å². The van der Waals surface area contributed by atoms with E-state index in [-0.39, 0.29) is 6.29 Å². The Balaban J connectivity index is 1.40. The predicted octanol–water partition coefficient (Wildman–Crippen LogP) is 5.23. The highest BCUT2D eigenvalue weighted by Gasteiger charge is 2.32. The lowest BCUT2D eigenvalue weighted by molar-refractivity contribution is -0.214. The average Bonchev–Trinajstić information content (AvgIpc) is 2.63. The summed E-state index contributed by atoms with van der Waals surface area (Å²) in [6.45, 7) is 2.52. The molecule has 1 heterocycles. The molecule has 1 aromatic carbocycles. The first-order valence-corrected chi connectivity index (χ1v) is 9.61. The van der Waals surface area contributed by atoms with Crippen molar-refractivity contribution in [2.24, 2.45) is 17.8 Å². The lowest BCUT2D eigenvalue weighted by Gasteiger charge is -2.37. The molecule has 0 unspecified atom stereocenters. The van der Waals surface area contributed by atoms with Crippen LogP contribution in [0.1, 0.15) is 50.4 Å². The van der Waals surface area contributed by atoms with Crippen molar-refractivity contribution in [2.45, 2.75) is 44.8 Å². The molecule has 4 heteroatoms. The summed E-state index contributed by atoms with van der Waals surface area (Å²) in [5, 5.41) is 0.745. The summed E-state index contributed by atoms with van der Waals surface area (Å²) in [6.07, 6.45) is 7.63. The highest BCUT2D eigenvalue weighted by Crippen LogP contribution is 2.38. The third kappa shape index (κ3) is 4.95. The minimum Gasteiger partial charge on any atom is -0.385 e. The minimum absolute atomic E-state index is 0.233. The normalized spacial score (nSPS) is 31.1. The van der Waals surface area contributed by atoms with Crippen molar-refractivity contribution in [3.05, 3.63) is 34.9 Å². The standard InChI is InChI=1S/C20H29ClO3/c1-22-12-2-3-15-4-6-16(7-5-15)18-13-23-20(24-14-18)17-8-10-19(21)11-9-17/h8-11,15-16,18,20H,2-7,12-14H2,1H3/t15-,16-,18?,20?. The molecule has 2 aliphatic rings. The van der Waals surface area contributed by atoms with Crippen LogP contribution >= 0.6 is 11.6 Å². The molecule has 0 atom stereocenters. The van der Waals surface area contributed by atoms with Gasteiger partial charge in [-0.25, -0.2) is 0 Å². The van der Waals surface area contributed by atoms with Crippen molar-refractivity contribution < 1.29 is 14.2 Å². The van der Waals surface area contributed by atoms with Crippen molar-refractivity contribution >= 4 is 11.6 Å². The van der Waals surface area contributed by atoms with Gasteiger partial charge in [0.05, 0.1) is 13.2 Å². The Labute approximate surface area is 150 Å². The van der Waals surface area contributed by atoms with Gasteiger partial charge in [-0.2, -0.15) is 0 Å². The largest absolute Gasteiger partial charge is 0.385 e. The molecule has 24 heavy (non-hydrogen) atoms. The predicted molar refractivity (Wildman–Crippen MR) is 96.1 cm³/mol. The molecule has 0 aromatic heterocycles. The van der Waals surface area contributed by atoms with Gasteiger partial charge in [0.2, 0.25) is 0 Å². The quantitative estimate of drug-likeness (QED) is 0.656. The Morgan fingerprint density at radius 3 is 2.29 bits per heavy atom. The number of methoxy groups -OCH3 is 1. The van der Waals surface area contributed by atoms with Crippen LogP contribution in [0.2, 0.25) is 5.02 Å². The third-order valence-corrected chi connectivity index (χ3v) is 5.84. The zero-order chi connectivity index (χ0) is 16.8. The van der Waals surface area contributed by atoms with E-state index in [1.807, 2.05) is 24.3 Å². The van der Waals surface area contributed by atoms with Crippen LogP contribution < -0.4 is 0 Å². The van der Waals surface area contributed by atoms with Gasteiger partial charge in [-0.15, -0.1) is 0 Å². The van der Waals surface area contributed by atoms with Gasteiger partial charge in [0.1, 0.15) is 0 Å². The van der Waals surface area contributed by atoms with E-state index < -0.39 is 0 Å². The van der Waals surface area contributed by atoms with Crippen LogP contribution in [0.5, 0.6) is 0 Å². The van der Waals surface area contributed by atoms with Crippen LogP contribution in [0.25, 0.3) is 0 Å². The molecule has 1 saturated carbocycles. The molecule has 0 radical (unpaired) electrons. The summed E-state index contributed by atoms with van der Waals surface area (Å²) in [4.78, 5) is 0. The summed E-state index contributed by atoms with van der Waals surface area (Å²) >= 11 is 5.94. The Morgan fingerprint density at radius 2 is 1.67 bits per heavy atom. The highest BCUT2D eigenvalue weighted by molar-refractivity contribution is 6.30. The first kappa shape index (κ1) is 18.2. The lowest BCUT2D eigenvalue weighted by Crippen LogP contribution is -2.34. The Morgan fingerprint density at radius 1 is 1.00 bits per heavy atom. The maximum atomic E-state index is 5.99. The van der Waals surface area contributed by atoms with Crippen LogP contribution in [0.3, 0.4) is 0 Å². The van der Waals surface area contributed by atoms with E-state index in [9.17, 15) is 0 Å². The van der Waals surface area contributed by atoms with Gasteiger partial charge in [0.25, 0.3) is 0 Å². The van der Waals surface area contributed by atoms with Crippen molar-refractivity contribution in [3.8, 4) is 0 Å². The van der Waals surface area contributed by atoms with E-state index in [1.54, 1.807) is 7.11 Å². The molecule has 2 fully saturated rings. The van der Waals surface area contributed by atoms with Crippen LogP contribution in [0.15, 0.2) is 24.3 Å². The van der Waals surface area contributed by atoms with Gasteiger partial charge in [0, 0.05) is 30.2 Å². The van der Waals surface area contributed by atoms with Crippen molar-refractivity contribution in [3.63, 3.8) is 0 Å². The second kappa shape index (κ2) is 9.19. The van der Waals surface area contributed by atoms with Gasteiger partial charge < -0.3 is 14.2 Å². The lowest BCUT2D eigenvalue weighted by atomic mass is 9.75. The SMILES string of the molecule is COCCC[C@H]1CC[C@H](C2COC(c3ccc(Cl)cc3)OC2)CC1. The Bertz CT molecular complexity index is 474. The molecular weight excluding hydrogens is 324 g/mol. The number of halogens is 1. The van der Waals surface area contributed by atoms with Crippen molar-refractivity contribution in [1.29, 1.82) is 0 Å². The van der Waals surface area contributed by atoms with Gasteiger partial charge in [-0.1, -0.05) is 36.6 Å². The molecule has 1 saturated heterocycles. The first-order chi connectivity index (χ1) is 11.8. The fourth-order valence-electron chi connectivity index (χ4n) is 4.07. The number of hydrogen-bond donors (Lipinski definition) is 0. The monoisotopic (exact) mass is 352 g/mol. The topological polar surface area (TPSA) is 27.7 Å². The molecule has 0 spiro atoms. The molecular formula is C20H29ClO3. The molecule has 0 bridgehead atoms. The van der Waals surface area contributed by atoms with Crippen LogP contribution in [-0.4, -0.2) is 26.9 Å². The number of ether oxygens (including phenoxy) is 3. The molecule has 0 N–H and O–H groups in total. The summed E-state index contributed by atoms with van der Waals surface area (Å²) in [6, 6.07) is 7.75. The van der Waals surface area contributed by atoms with Gasteiger partial charge in [-0.05, 0) is 49.7 Å². The first-order valence-electron chi connectivity index (χ1n) is 9.24. The summed E-state index contributed by atoms with van der Waals surface area (Å²) in [5.74, 6) is 2.20. The van der Waals surface area contributed by atoms with Gasteiger partial charge in [-0.3, -0.25) is 0 Å². The Kier molecular flexibility index (Phi) is 6.96. The summed E-state index contributed by atoms with van der Waals surface area (Å²) in [7, 11) is 1.79. The van der Waals surface area contributed by atoms with Crippen LogP contribution in [0.4, 0.5) is 0 Å². The Hall–Kier alpha value is -0.610. The van der Waals surface area contributed by atoms with Crippen molar-refractivity contribution in [2.75, 3.05) is 26.9 Å². The second-order valence-corrected chi connectivity index (χ2v) is 7.66. The van der Waals surface area contributed by atoms with Gasteiger partial charge in [0.15, 0.2) is 6.29 Å². The smallest absolute Gasteiger partial charge is 0.183 e. The summed E-state index contributed by atoms with van der Waals surface area (Å²) < 4.78 is 17.2. The molecule has 1 aliphatic carbocycles. The molecule has 1 aliphatic heterocycles. The van der Waals surface area contributed by atoms with E-state index in [2.05, 4.69) is 0 Å². The van der Waals surface area contributed by atoms with E-state index in [0.29, 0.717) is 5.92 Å². The van der Waals surface area contributed by atoms with Crippen LogP contribution in [-0.2, 0) is 14.2 Å². The van der Waals surface area contributed by atoms with E-state index in [1.165, 1.54) is 38.5 Å². The third-order valence-electron chi connectivity index (χ3n) is 5.58. The second-order valence-electron chi connectivity index (χ2n) is 7.23. The molecule has 3 rings (SSSR count). The van der Waals surface area contributed by atoms with E-state index >= 15 is 0 Å². The van der Waals surface area contributed by atoms with Gasteiger partial charge >= 0.3 is 0 Å². The number of hydrogen-bond acceptors (Lipinski definition) is 3.